The Labute approximate surface area is 178 Å². The molecule has 0 radical (unpaired) electrons. The summed E-state index contributed by atoms with van der Waals surface area (Å²) in [6, 6.07) is 7.35. The summed E-state index contributed by atoms with van der Waals surface area (Å²) in [5, 5.41) is 7.60. The summed E-state index contributed by atoms with van der Waals surface area (Å²) in [6.07, 6.45) is 1.57. The van der Waals surface area contributed by atoms with Crippen LogP contribution < -0.4 is 15.5 Å². The molecule has 7 nitrogen and oxygen atoms in total. The van der Waals surface area contributed by atoms with Gasteiger partial charge in [0.15, 0.2) is 5.13 Å². The SMILES string of the molecule is Cc1nc(Nc2ncc(C(=O)c3c(C)cccc3Cl)s2)cc(N2CCNCC2)n1. The second-order valence-corrected chi connectivity index (χ2v) is 8.25. The molecule has 0 amide bonds. The zero-order valence-electron chi connectivity index (χ0n) is 16.2. The number of ketones is 1. The van der Waals surface area contributed by atoms with Gasteiger partial charge in [0.05, 0.1) is 16.1 Å². The minimum atomic E-state index is -0.126. The maximum Gasteiger partial charge on any atom is 0.206 e. The highest BCUT2D eigenvalue weighted by Crippen LogP contribution is 2.28. The Bertz CT molecular complexity index is 1030. The number of carbonyl (C=O) groups is 1. The zero-order chi connectivity index (χ0) is 20.4. The maximum absolute atomic E-state index is 12.9. The minimum Gasteiger partial charge on any atom is -0.354 e. The Morgan fingerprint density at radius 3 is 2.79 bits per heavy atom. The zero-order valence-corrected chi connectivity index (χ0v) is 17.8. The number of nitrogens with one attached hydrogen (secondary N) is 2. The first kappa shape index (κ1) is 19.8. The fourth-order valence-electron chi connectivity index (χ4n) is 3.26. The Morgan fingerprint density at radius 1 is 1.24 bits per heavy atom. The number of hydrogen-bond acceptors (Lipinski definition) is 8. The molecule has 0 atom stereocenters. The second-order valence-electron chi connectivity index (χ2n) is 6.81. The first-order chi connectivity index (χ1) is 14.0. The van der Waals surface area contributed by atoms with E-state index in [9.17, 15) is 4.79 Å². The quantitative estimate of drug-likeness (QED) is 0.601. The van der Waals surface area contributed by atoms with Crippen molar-refractivity contribution in [2.24, 2.45) is 0 Å². The first-order valence-corrected chi connectivity index (χ1v) is 10.5. The number of piperazine rings is 1. The lowest BCUT2D eigenvalue weighted by Crippen LogP contribution is -2.44. The van der Waals surface area contributed by atoms with E-state index in [0.717, 1.165) is 37.6 Å². The summed E-state index contributed by atoms with van der Waals surface area (Å²) >= 11 is 7.52. The number of thiazole rings is 1. The molecule has 3 aromatic rings. The lowest BCUT2D eigenvalue weighted by Gasteiger charge is -2.28. The van der Waals surface area contributed by atoms with Crippen LogP contribution in [0.4, 0.5) is 16.8 Å². The van der Waals surface area contributed by atoms with Crippen molar-refractivity contribution in [3.05, 3.63) is 57.3 Å². The highest BCUT2D eigenvalue weighted by atomic mass is 35.5. The van der Waals surface area contributed by atoms with Crippen LogP contribution in [-0.4, -0.2) is 46.9 Å². The van der Waals surface area contributed by atoms with E-state index < -0.39 is 0 Å². The van der Waals surface area contributed by atoms with Gasteiger partial charge >= 0.3 is 0 Å². The van der Waals surface area contributed by atoms with E-state index in [4.69, 9.17) is 11.6 Å². The normalized spacial score (nSPS) is 14.1. The molecule has 0 bridgehead atoms. The van der Waals surface area contributed by atoms with Gasteiger partial charge in [0, 0.05) is 37.8 Å². The van der Waals surface area contributed by atoms with Gasteiger partial charge in [-0.25, -0.2) is 15.0 Å². The molecule has 1 saturated heterocycles. The average molecular weight is 429 g/mol. The van der Waals surface area contributed by atoms with E-state index in [1.165, 1.54) is 11.3 Å². The number of halogens is 1. The Morgan fingerprint density at radius 2 is 2.03 bits per heavy atom. The summed E-state index contributed by atoms with van der Waals surface area (Å²) in [5.74, 6) is 2.11. The Kier molecular flexibility index (Phi) is 5.75. The molecular weight excluding hydrogens is 408 g/mol. The van der Waals surface area contributed by atoms with E-state index in [-0.39, 0.29) is 5.78 Å². The minimum absolute atomic E-state index is 0.126. The molecular formula is C20H21ClN6OS. The van der Waals surface area contributed by atoms with Crippen LogP contribution in [-0.2, 0) is 0 Å². The Hall–Kier alpha value is -2.55. The van der Waals surface area contributed by atoms with Crippen LogP contribution in [0.15, 0.2) is 30.5 Å². The highest BCUT2D eigenvalue weighted by Gasteiger charge is 2.19. The number of benzene rings is 1. The number of aryl methyl sites for hydroxylation is 2. The summed E-state index contributed by atoms with van der Waals surface area (Å²) in [7, 11) is 0. The van der Waals surface area contributed by atoms with Gasteiger partial charge in [-0.2, -0.15) is 0 Å². The maximum atomic E-state index is 12.9. The predicted molar refractivity (Wildman–Crippen MR) is 117 cm³/mol. The van der Waals surface area contributed by atoms with E-state index in [1.54, 1.807) is 12.3 Å². The van der Waals surface area contributed by atoms with Gasteiger partial charge in [0.25, 0.3) is 0 Å². The molecule has 29 heavy (non-hydrogen) atoms. The van der Waals surface area contributed by atoms with Crippen LogP contribution in [0, 0.1) is 13.8 Å². The Balaban J connectivity index is 1.55. The van der Waals surface area contributed by atoms with Gasteiger partial charge in [0.2, 0.25) is 5.78 Å². The molecule has 150 valence electrons. The number of rotatable bonds is 5. The third-order valence-electron chi connectivity index (χ3n) is 4.68. The van der Waals surface area contributed by atoms with Crippen LogP contribution in [0.5, 0.6) is 0 Å². The molecule has 9 heteroatoms. The average Bonchev–Trinajstić information content (AvgIpc) is 3.16. The van der Waals surface area contributed by atoms with Gasteiger partial charge in [-0.15, -0.1) is 0 Å². The fraction of sp³-hybridized carbons (Fsp3) is 0.300. The van der Waals surface area contributed by atoms with Crippen LogP contribution in [0.25, 0.3) is 0 Å². The predicted octanol–water partition coefficient (Wildman–Crippen LogP) is 3.59. The molecule has 1 aromatic carbocycles. The molecule has 1 fully saturated rings. The summed E-state index contributed by atoms with van der Waals surface area (Å²) in [6.45, 7) is 7.43. The first-order valence-electron chi connectivity index (χ1n) is 9.35. The summed E-state index contributed by atoms with van der Waals surface area (Å²) in [4.78, 5) is 29.0. The van der Waals surface area contributed by atoms with Crippen molar-refractivity contribution in [1.29, 1.82) is 0 Å². The molecule has 1 aliphatic heterocycles. The third-order valence-corrected chi connectivity index (χ3v) is 5.91. The number of nitrogens with zero attached hydrogens (tertiary/aromatic N) is 4. The number of carbonyl (C=O) groups excluding carboxylic acids is 1. The molecule has 0 spiro atoms. The molecule has 3 heterocycles. The van der Waals surface area contributed by atoms with Crippen molar-refractivity contribution in [3.8, 4) is 0 Å². The van der Waals surface area contributed by atoms with Crippen LogP contribution >= 0.6 is 22.9 Å². The molecule has 2 aromatic heterocycles. The van der Waals surface area contributed by atoms with Crippen LogP contribution in [0.3, 0.4) is 0 Å². The summed E-state index contributed by atoms with van der Waals surface area (Å²) in [5.41, 5.74) is 1.36. The van der Waals surface area contributed by atoms with Crippen molar-refractivity contribution in [1.82, 2.24) is 20.3 Å². The van der Waals surface area contributed by atoms with Crippen LogP contribution in [0.1, 0.15) is 26.6 Å². The van der Waals surface area contributed by atoms with E-state index in [2.05, 4.69) is 30.5 Å². The lowest BCUT2D eigenvalue weighted by atomic mass is 10.0. The fourth-order valence-corrected chi connectivity index (χ4v) is 4.34. The van der Waals surface area contributed by atoms with Crippen molar-refractivity contribution in [2.75, 3.05) is 36.4 Å². The number of anilines is 3. The van der Waals surface area contributed by atoms with Crippen molar-refractivity contribution < 1.29 is 4.79 Å². The second kappa shape index (κ2) is 8.44. The lowest BCUT2D eigenvalue weighted by molar-refractivity contribution is 0.104. The van der Waals surface area contributed by atoms with Crippen molar-refractivity contribution in [3.63, 3.8) is 0 Å². The number of hydrogen-bond donors (Lipinski definition) is 2. The van der Waals surface area contributed by atoms with E-state index >= 15 is 0 Å². The molecule has 1 aliphatic rings. The molecule has 0 saturated carbocycles. The largest absolute Gasteiger partial charge is 0.354 e. The van der Waals surface area contributed by atoms with Gasteiger partial charge in [-0.3, -0.25) is 4.79 Å². The smallest absolute Gasteiger partial charge is 0.206 e. The van der Waals surface area contributed by atoms with Gasteiger partial charge < -0.3 is 15.5 Å². The summed E-state index contributed by atoms with van der Waals surface area (Å²) < 4.78 is 0. The third kappa shape index (κ3) is 4.39. The highest BCUT2D eigenvalue weighted by molar-refractivity contribution is 7.17. The molecule has 4 rings (SSSR count). The van der Waals surface area contributed by atoms with Gasteiger partial charge in [0.1, 0.15) is 17.5 Å². The number of aromatic nitrogens is 3. The topological polar surface area (TPSA) is 83.0 Å². The van der Waals surface area contributed by atoms with E-state index in [0.29, 0.717) is 32.2 Å². The van der Waals surface area contributed by atoms with Crippen molar-refractivity contribution in [2.45, 2.75) is 13.8 Å². The van der Waals surface area contributed by atoms with Crippen molar-refractivity contribution >= 4 is 45.5 Å². The van der Waals surface area contributed by atoms with Gasteiger partial charge in [-0.1, -0.05) is 35.1 Å². The van der Waals surface area contributed by atoms with E-state index in [1.807, 2.05) is 32.0 Å². The van der Waals surface area contributed by atoms with Gasteiger partial charge in [-0.05, 0) is 25.5 Å². The van der Waals surface area contributed by atoms with Crippen LogP contribution in [0.2, 0.25) is 5.02 Å². The molecule has 2 N–H and O–H groups in total. The monoisotopic (exact) mass is 428 g/mol. The molecule has 0 aliphatic carbocycles. The molecule has 0 unspecified atom stereocenters. The standard InChI is InChI=1S/C20H21ClN6OS/c1-12-4-3-5-14(21)18(12)19(28)15-11-23-20(29-15)26-16-10-17(25-13(2)24-16)27-8-6-22-7-9-27/h3-5,10-11,22H,6-9H2,1-2H3,(H,23,24,25,26).